The molecule has 0 aromatic rings. The summed E-state index contributed by atoms with van der Waals surface area (Å²) in [4.78, 5) is 35.7. The van der Waals surface area contributed by atoms with Gasteiger partial charge in [0.1, 0.15) is 12.5 Å². The number of hydrogen-bond donors (Lipinski definition) is 3. The van der Waals surface area contributed by atoms with Crippen LogP contribution in [-0.2, 0) is 14.3 Å². The Morgan fingerprint density at radius 1 is 1.33 bits per heavy atom. The van der Waals surface area contributed by atoms with Crippen molar-refractivity contribution < 1.29 is 24.2 Å². The van der Waals surface area contributed by atoms with E-state index in [2.05, 4.69) is 10.6 Å². The predicted octanol–water partition coefficient (Wildman–Crippen LogP) is -0.500. The number of hydrogen-bond acceptors (Lipinski definition) is 4. The first-order valence-electron chi connectivity index (χ1n) is 6.90. The predicted molar refractivity (Wildman–Crippen MR) is 74.7 cm³/mol. The van der Waals surface area contributed by atoms with Crippen LogP contribution in [0.25, 0.3) is 0 Å². The maximum atomic E-state index is 11.9. The van der Waals surface area contributed by atoms with Crippen molar-refractivity contribution in [1.29, 1.82) is 0 Å². The summed E-state index contributed by atoms with van der Waals surface area (Å²) in [5, 5.41) is 14.3. The molecule has 3 amide bonds. The summed E-state index contributed by atoms with van der Waals surface area (Å²) in [5.74, 6) is -1.67. The molecule has 0 bridgehead atoms. The molecule has 3 N–H and O–H groups in total. The fourth-order valence-electron chi connectivity index (χ4n) is 1.87. The Morgan fingerprint density at radius 3 is 2.57 bits per heavy atom. The van der Waals surface area contributed by atoms with Gasteiger partial charge in [0, 0.05) is 13.6 Å². The van der Waals surface area contributed by atoms with Crippen LogP contribution in [-0.4, -0.2) is 67.3 Å². The molecule has 0 radical (unpaired) electrons. The van der Waals surface area contributed by atoms with E-state index in [1.54, 1.807) is 0 Å². The summed E-state index contributed by atoms with van der Waals surface area (Å²) < 4.78 is 5.06. The second-order valence-electron chi connectivity index (χ2n) is 5.59. The molecule has 120 valence electrons. The fourth-order valence-corrected chi connectivity index (χ4v) is 1.87. The molecule has 1 saturated heterocycles. The van der Waals surface area contributed by atoms with Gasteiger partial charge >= 0.3 is 12.0 Å². The summed E-state index contributed by atoms with van der Waals surface area (Å²) in [7, 11) is 1.48. The molecule has 1 fully saturated rings. The number of nitrogens with one attached hydrogen (secondary N) is 2. The van der Waals surface area contributed by atoms with Gasteiger partial charge in [0.25, 0.3) is 0 Å². The fraction of sp³-hybridized carbons (Fsp3) is 0.769. The highest BCUT2D eigenvalue weighted by Gasteiger charge is 2.35. The third kappa shape index (κ3) is 5.58. The zero-order valence-electron chi connectivity index (χ0n) is 12.6. The molecule has 2 atom stereocenters. The molecular formula is C13H23N3O5. The number of likely N-dealkylation sites (N-methyl/N-ethyl adjacent to an activating group) is 1. The van der Waals surface area contributed by atoms with E-state index in [-0.39, 0.29) is 25.7 Å². The lowest BCUT2D eigenvalue weighted by atomic mass is 10.0. The van der Waals surface area contributed by atoms with Gasteiger partial charge in [-0.2, -0.15) is 0 Å². The Hall–Kier alpha value is -1.83. The average Bonchev–Trinajstić information content (AvgIpc) is 2.84. The van der Waals surface area contributed by atoms with E-state index in [9.17, 15) is 14.4 Å². The summed E-state index contributed by atoms with van der Waals surface area (Å²) in [5.41, 5.74) is 0. The third-order valence-corrected chi connectivity index (χ3v) is 3.14. The SMILES string of the molecule is CC(C)CNC(=O)CN(C)C(=O)NC1COCC1C(=O)O. The van der Waals surface area contributed by atoms with Gasteiger partial charge < -0.3 is 25.4 Å². The molecule has 8 nitrogen and oxygen atoms in total. The number of carbonyl (C=O) groups is 3. The Kier molecular flexibility index (Phi) is 6.41. The first kappa shape index (κ1) is 17.2. The Morgan fingerprint density at radius 2 is 2.00 bits per heavy atom. The van der Waals surface area contributed by atoms with Crippen LogP contribution < -0.4 is 10.6 Å². The second kappa shape index (κ2) is 7.82. The number of carboxylic acid groups (broad SMARTS) is 1. The molecule has 0 aromatic carbocycles. The molecule has 1 aliphatic rings. The minimum absolute atomic E-state index is 0.0795. The molecule has 0 aliphatic carbocycles. The molecule has 2 unspecified atom stereocenters. The molecule has 1 rings (SSSR count). The number of rotatable bonds is 6. The first-order valence-corrected chi connectivity index (χ1v) is 6.90. The Balaban J connectivity index is 2.40. The van der Waals surface area contributed by atoms with E-state index in [1.165, 1.54) is 11.9 Å². The number of aliphatic carboxylic acids is 1. The summed E-state index contributed by atoms with van der Waals surface area (Å²) in [6.45, 7) is 4.66. The van der Waals surface area contributed by atoms with Crippen molar-refractivity contribution >= 4 is 17.9 Å². The van der Waals surface area contributed by atoms with E-state index in [4.69, 9.17) is 9.84 Å². The Labute approximate surface area is 123 Å². The van der Waals surface area contributed by atoms with Gasteiger partial charge in [-0.05, 0) is 5.92 Å². The Bertz CT molecular complexity index is 399. The molecule has 0 spiro atoms. The minimum Gasteiger partial charge on any atom is -0.481 e. The van der Waals surface area contributed by atoms with Crippen LogP contribution in [0.2, 0.25) is 0 Å². The number of nitrogens with zero attached hydrogens (tertiary/aromatic N) is 1. The van der Waals surface area contributed by atoms with Gasteiger partial charge in [0.15, 0.2) is 0 Å². The maximum absolute atomic E-state index is 11.9. The van der Waals surface area contributed by atoms with Gasteiger partial charge in [-0.3, -0.25) is 9.59 Å². The third-order valence-electron chi connectivity index (χ3n) is 3.14. The highest BCUT2D eigenvalue weighted by molar-refractivity contribution is 5.84. The molecule has 8 heteroatoms. The lowest BCUT2D eigenvalue weighted by molar-refractivity contribution is -0.142. The first-order chi connectivity index (χ1) is 9.81. The number of carbonyl (C=O) groups excluding carboxylic acids is 2. The van der Waals surface area contributed by atoms with E-state index < -0.39 is 24.0 Å². The molecule has 0 aromatic heterocycles. The van der Waals surface area contributed by atoms with Crippen molar-refractivity contribution in [3.05, 3.63) is 0 Å². The van der Waals surface area contributed by atoms with Crippen molar-refractivity contribution in [1.82, 2.24) is 15.5 Å². The van der Waals surface area contributed by atoms with Crippen LogP contribution in [0.4, 0.5) is 4.79 Å². The van der Waals surface area contributed by atoms with E-state index in [0.717, 1.165) is 0 Å². The van der Waals surface area contributed by atoms with Crippen LogP contribution >= 0.6 is 0 Å². The molecule has 1 heterocycles. The number of amides is 3. The minimum atomic E-state index is -1.00. The molecular weight excluding hydrogens is 278 g/mol. The van der Waals surface area contributed by atoms with Crippen molar-refractivity contribution in [2.45, 2.75) is 19.9 Å². The summed E-state index contributed by atoms with van der Waals surface area (Å²) in [6, 6.07) is -1.06. The van der Waals surface area contributed by atoms with E-state index >= 15 is 0 Å². The standard InChI is InChI=1S/C13H23N3O5/c1-8(2)4-14-11(17)5-16(3)13(20)15-10-7-21-6-9(10)12(18)19/h8-10H,4-7H2,1-3H3,(H,14,17)(H,15,20)(H,18,19). The van der Waals surface area contributed by atoms with Crippen LogP contribution in [0, 0.1) is 11.8 Å². The van der Waals surface area contributed by atoms with E-state index in [0.29, 0.717) is 12.5 Å². The summed E-state index contributed by atoms with van der Waals surface area (Å²) >= 11 is 0. The lowest BCUT2D eigenvalue weighted by Crippen LogP contribution is -2.50. The lowest BCUT2D eigenvalue weighted by Gasteiger charge is -2.22. The number of carboxylic acids is 1. The monoisotopic (exact) mass is 301 g/mol. The van der Waals surface area contributed by atoms with Gasteiger partial charge in [-0.15, -0.1) is 0 Å². The molecule has 0 saturated carbocycles. The smallest absolute Gasteiger partial charge is 0.317 e. The van der Waals surface area contributed by atoms with Crippen molar-refractivity contribution in [3.63, 3.8) is 0 Å². The average molecular weight is 301 g/mol. The van der Waals surface area contributed by atoms with E-state index in [1.807, 2.05) is 13.8 Å². The van der Waals surface area contributed by atoms with Crippen molar-refractivity contribution in [2.24, 2.45) is 11.8 Å². The van der Waals surface area contributed by atoms with Crippen LogP contribution in [0.15, 0.2) is 0 Å². The van der Waals surface area contributed by atoms with Crippen LogP contribution in [0.3, 0.4) is 0 Å². The van der Waals surface area contributed by atoms with Crippen molar-refractivity contribution in [2.75, 3.05) is 33.4 Å². The van der Waals surface area contributed by atoms with Crippen molar-refractivity contribution in [3.8, 4) is 0 Å². The zero-order chi connectivity index (χ0) is 16.0. The van der Waals surface area contributed by atoms with Gasteiger partial charge in [0.2, 0.25) is 5.91 Å². The second-order valence-corrected chi connectivity index (χ2v) is 5.59. The highest BCUT2D eigenvalue weighted by Crippen LogP contribution is 2.14. The number of ether oxygens (including phenoxy) is 1. The quantitative estimate of drug-likeness (QED) is 0.613. The maximum Gasteiger partial charge on any atom is 0.317 e. The highest BCUT2D eigenvalue weighted by atomic mass is 16.5. The topological polar surface area (TPSA) is 108 Å². The molecule has 1 aliphatic heterocycles. The van der Waals surface area contributed by atoms with Gasteiger partial charge in [-0.1, -0.05) is 13.8 Å². The normalized spacial score (nSPS) is 21.1. The van der Waals surface area contributed by atoms with Gasteiger partial charge in [-0.25, -0.2) is 4.79 Å². The largest absolute Gasteiger partial charge is 0.481 e. The van der Waals surface area contributed by atoms with Crippen LogP contribution in [0.1, 0.15) is 13.8 Å². The zero-order valence-corrected chi connectivity index (χ0v) is 12.6. The van der Waals surface area contributed by atoms with Gasteiger partial charge in [0.05, 0.1) is 19.3 Å². The summed E-state index contributed by atoms with van der Waals surface area (Å²) in [6.07, 6.45) is 0. The number of urea groups is 1. The van der Waals surface area contributed by atoms with Crippen LogP contribution in [0.5, 0.6) is 0 Å². The molecule has 21 heavy (non-hydrogen) atoms.